The Kier molecular flexibility index (Phi) is 4.85. The Morgan fingerprint density at radius 2 is 1.95 bits per heavy atom. The molecule has 0 atom stereocenters. The minimum Gasteiger partial charge on any atom is -0.497 e. The second kappa shape index (κ2) is 6.63. The Morgan fingerprint density at radius 1 is 1.29 bits per heavy atom. The second-order valence-corrected chi connectivity index (χ2v) is 5.61. The molecule has 0 heterocycles. The van der Waals surface area contributed by atoms with Gasteiger partial charge in [0, 0.05) is 22.3 Å². The minimum absolute atomic E-state index is 0.142. The number of nitrogen functional groups attached to an aromatic ring is 1. The van der Waals surface area contributed by atoms with Gasteiger partial charge in [-0.2, -0.15) is 0 Å². The molecule has 1 amide bonds. The summed E-state index contributed by atoms with van der Waals surface area (Å²) in [5.41, 5.74) is 8.84. The number of nitrogens with one attached hydrogen (secondary N) is 1. The normalized spacial score (nSPS) is 10.2. The van der Waals surface area contributed by atoms with Crippen LogP contribution in [0.5, 0.6) is 5.75 Å². The van der Waals surface area contributed by atoms with Gasteiger partial charge in [-0.15, -0.1) is 0 Å². The van der Waals surface area contributed by atoms with Crippen LogP contribution in [0.1, 0.15) is 21.5 Å². The summed E-state index contributed by atoms with van der Waals surface area (Å²) in [6.07, 6.45) is 0. The van der Waals surface area contributed by atoms with E-state index < -0.39 is 0 Å². The van der Waals surface area contributed by atoms with Crippen molar-refractivity contribution in [2.45, 2.75) is 13.5 Å². The number of carbonyl (C=O) groups excluding carboxylic acids is 1. The van der Waals surface area contributed by atoms with Crippen LogP contribution < -0.4 is 15.8 Å². The molecule has 0 aromatic heterocycles. The van der Waals surface area contributed by atoms with E-state index in [1.165, 1.54) is 0 Å². The third kappa shape index (κ3) is 3.76. The van der Waals surface area contributed by atoms with E-state index in [-0.39, 0.29) is 5.91 Å². The maximum atomic E-state index is 12.3. The quantitative estimate of drug-likeness (QED) is 0.833. The summed E-state index contributed by atoms with van der Waals surface area (Å²) in [6, 6.07) is 11.1. The molecule has 2 aromatic carbocycles. The van der Waals surface area contributed by atoms with Crippen LogP contribution in [0.4, 0.5) is 5.69 Å². The Balaban J connectivity index is 2.08. The van der Waals surface area contributed by atoms with Crippen molar-refractivity contribution in [1.82, 2.24) is 5.32 Å². The summed E-state index contributed by atoms with van der Waals surface area (Å²) in [6.45, 7) is 2.29. The number of benzene rings is 2. The molecule has 2 rings (SSSR count). The van der Waals surface area contributed by atoms with E-state index in [4.69, 9.17) is 10.5 Å². The van der Waals surface area contributed by atoms with Crippen molar-refractivity contribution in [2.75, 3.05) is 12.8 Å². The number of hydrogen-bond donors (Lipinski definition) is 2. The monoisotopic (exact) mass is 348 g/mol. The van der Waals surface area contributed by atoms with Gasteiger partial charge in [0.15, 0.2) is 0 Å². The molecule has 21 heavy (non-hydrogen) atoms. The second-order valence-electron chi connectivity index (χ2n) is 4.70. The maximum absolute atomic E-state index is 12.3. The molecule has 2 aromatic rings. The number of anilines is 1. The largest absolute Gasteiger partial charge is 0.497 e. The van der Waals surface area contributed by atoms with Gasteiger partial charge in [0.1, 0.15) is 5.75 Å². The SMILES string of the molecule is COc1ccc(CNC(=O)c2cc(Br)cc(N)c2C)cc1. The molecule has 0 aliphatic heterocycles. The van der Waals surface area contributed by atoms with Gasteiger partial charge in [0.05, 0.1) is 7.11 Å². The van der Waals surface area contributed by atoms with E-state index in [1.54, 1.807) is 19.2 Å². The molecule has 0 bridgehead atoms. The molecular formula is C16H17BrN2O2. The van der Waals surface area contributed by atoms with Crippen LogP contribution in [-0.2, 0) is 6.54 Å². The topological polar surface area (TPSA) is 64.3 Å². The lowest BCUT2D eigenvalue weighted by Crippen LogP contribution is -2.24. The molecule has 0 saturated heterocycles. The predicted octanol–water partition coefficient (Wildman–Crippen LogP) is 3.28. The molecule has 0 aliphatic carbocycles. The van der Waals surface area contributed by atoms with Crippen LogP contribution in [0, 0.1) is 6.92 Å². The molecule has 3 N–H and O–H groups in total. The van der Waals surface area contributed by atoms with Crippen molar-refractivity contribution in [3.8, 4) is 5.75 Å². The van der Waals surface area contributed by atoms with Gasteiger partial charge in [0.2, 0.25) is 0 Å². The first-order valence-corrected chi connectivity index (χ1v) is 7.27. The zero-order valence-corrected chi connectivity index (χ0v) is 13.5. The number of halogens is 1. The van der Waals surface area contributed by atoms with E-state index in [9.17, 15) is 4.79 Å². The smallest absolute Gasteiger partial charge is 0.251 e. The molecule has 0 saturated carbocycles. The molecule has 5 heteroatoms. The fourth-order valence-electron chi connectivity index (χ4n) is 1.96. The Hall–Kier alpha value is -2.01. The summed E-state index contributed by atoms with van der Waals surface area (Å²) in [5.74, 6) is 0.650. The van der Waals surface area contributed by atoms with Crippen molar-refractivity contribution in [1.29, 1.82) is 0 Å². The number of carbonyl (C=O) groups is 1. The van der Waals surface area contributed by atoms with Gasteiger partial charge in [-0.3, -0.25) is 4.79 Å². The van der Waals surface area contributed by atoms with Gasteiger partial charge < -0.3 is 15.8 Å². The number of hydrogen-bond acceptors (Lipinski definition) is 3. The van der Waals surface area contributed by atoms with E-state index in [0.29, 0.717) is 17.8 Å². The lowest BCUT2D eigenvalue weighted by molar-refractivity contribution is 0.0950. The van der Waals surface area contributed by atoms with Crippen molar-refractivity contribution in [3.63, 3.8) is 0 Å². The van der Waals surface area contributed by atoms with E-state index in [2.05, 4.69) is 21.2 Å². The average Bonchev–Trinajstić information content (AvgIpc) is 2.49. The first-order valence-electron chi connectivity index (χ1n) is 6.48. The van der Waals surface area contributed by atoms with E-state index in [1.807, 2.05) is 31.2 Å². The summed E-state index contributed by atoms with van der Waals surface area (Å²) in [4.78, 5) is 12.3. The zero-order valence-electron chi connectivity index (χ0n) is 11.9. The van der Waals surface area contributed by atoms with Gasteiger partial charge in [-0.1, -0.05) is 28.1 Å². The highest BCUT2D eigenvalue weighted by Crippen LogP contribution is 2.22. The highest BCUT2D eigenvalue weighted by molar-refractivity contribution is 9.10. The lowest BCUT2D eigenvalue weighted by Gasteiger charge is -2.10. The van der Waals surface area contributed by atoms with E-state index >= 15 is 0 Å². The Labute approximate surface area is 132 Å². The van der Waals surface area contributed by atoms with Crippen molar-refractivity contribution in [3.05, 3.63) is 57.6 Å². The van der Waals surface area contributed by atoms with Crippen LogP contribution in [0.25, 0.3) is 0 Å². The van der Waals surface area contributed by atoms with Crippen LogP contribution >= 0.6 is 15.9 Å². The molecular weight excluding hydrogens is 332 g/mol. The van der Waals surface area contributed by atoms with Crippen LogP contribution in [0.15, 0.2) is 40.9 Å². The first kappa shape index (κ1) is 15.4. The predicted molar refractivity (Wildman–Crippen MR) is 87.5 cm³/mol. The first-order chi connectivity index (χ1) is 10.0. The molecule has 0 radical (unpaired) electrons. The third-order valence-electron chi connectivity index (χ3n) is 3.27. The zero-order chi connectivity index (χ0) is 15.4. The van der Waals surface area contributed by atoms with Crippen molar-refractivity contribution < 1.29 is 9.53 Å². The van der Waals surface area contributed by atoms with Gasteiger partial charge >= 0.3 is 0 Å². The molecule has 4 nitrogen and oxygen atoms in total. The highest BCUT2D eigenvalue weighted by atomic mass is 79.9. The third-order valence-corrected chi connectivity index (χ3v) is 3.73. The van der Waals surface area contributed by atoms with Crippen LogP contribution in [-0.4, -0.2) is 13.0 Å². The van der Waals surface area contributed by atoms with Gasteiger partial charge in [-0.05, 0) is 42.3 Å². The average molecular weight is 349 g/mol. The number of nitrogens with two attached hydrogens (primary N) is 1. The Bertz CT molecular complexity index is 654. The maximum Gasteiger partial charge on any atom is 0.251 e. The minimum atomic E-state index is -0.142. The highest BCUT2D eigenvalue weighted by Gasteiger charge is 2.12. The number of rotatable bonds is 4. The summed E-state index contributed by atoms with van der Waals surface area (Å²) < 4.78 is 5.89. The molecule has 0 fully saturated rings. The van der Waals surface area contributed by atoms with E-state index in [0.717, 1.165) is 21.3 Å². The number of amides is 1. The van der Waals surface area contributed by atoms with Crippen LogP contribution in [0.2, 0.25) is 0 Å². The fraction of sp³-hybridized carbons (Fsp3) is 0.188. The summed E-state index contributed by atoms with van der Waals surface area (Å²) in [5, 5.41) is 2.89. The Morgan fingerprint density at radius 3 is 2.57 bits per heavy atom. The number of methoxy groups -OCH3 is 1. The number of ether oxygens (including phenoxy) is 1. The molecule has 0 aliphatic rings. The summed E-state index contributed by atoms with van der Waals surface area (Å²) in [7, 11) is 1.62. The van der Waals surface area contributed by atoms with Gasteiger partial charge in [-0.25, -0.2) is 0 Å². The standard InChI is InChI=1S/C16H17BrN2O2/c1-10-14(7-12(17)8-15(10)18)16(20)19-9-11-3-5-13(21-2)6-4-11/h3-8H,9,18H2,1-2H3,(H,19,20). The van der Waals surface area contributed by atoms with Crippen molar-refractivity contribution >= 4 is 27.5 Å². The lowest BCUT2D eigenvalue weighted by atomic mass is 10.1. The van der Waals surface area contributed by atoms with Crippen LogP contribution in [0.3, 0.4) is 0 Å². The van der Waals surface area contributed by atoms with Crippen molar-refractivity contribution in [2.24, 2.45) is 0 Å². The molecule has 0 spiro atoms. The summed E-state index contributed by atoms with van der Waals surface area (Å²) >= 11 is 3.35. The molecule has 0 unspecified atom stereocenters. The fourth-order valence-corrected chi connectivity index (χ4v) is 2.43. The molecule has 110 valence electrons. The van der Waals surface area contributed by atoms with Gasteiger partial charge in [0.25, 0.3) is 5.91 Å².